The Kier molecular flexibility index (Phi) is 10.3. The Balaban J connectivity index is 1.20. The van der Waals surface area contributed by atoms with Crippen LogP contribution in [0.25, 0.3) is 22.5 Å². The van der Waals surface area contributed by atoms with E-state index in [4.69, 9.17) is 15.3 Å². The average Bonchev–Trinajstić information content (AvgIpc) is 3.73. The summed E-state index contributed by atoms with van der Waals surface area (Å²) in [4.78, 5) is 19.1. The Bertz CT molecular complexity index is 2530. The van der Waals surface area contributed by atoms with Gasteiger partial charge in [0, 0.05) is 29.7 Å². The van der Waals surface area contributed by atoms with Crippen LogP contribution in [-0.4, -0.2) is 29.8 Å². The minimum absolute atomic E-state index is 0.0300. The number of rotatable bonds is 12. The van der Waals surface area contributed by atoms with Crippen LogP contribution in [0.4, 0.5) is 0 Å². The lowest BCUT2D eigenvalue weighted by Crippen LogP contribution is -2.39. The van der Waals surface area contributed by atoms with E-state index in [9.17, 15) is 4.79 Å². The maximum absolute atomic E-state index is 14.2. The number of hydrogen-bond acceptors (Lipinski definition) is 5. The fraction of sp³-hybridized carbons (Fsp3) is 0.163. The summed E-state index contributed by atoms with van der Waals surface area (Å²) < 4.78 is 3.84. The molecule has 0 bridgehead atoms. The first-order valence-electron chi connectivity index (χ1n) is 19.3. The van der Waals surface area contributed by atoms with E-state index in [0.717, 1.165) is 74.4 Å². The van der Waals surface area contributed by atoms with Crippen molar-refractivity contribution in [2.75, 3.05) is 0 Å². The lowest BCUT2D eigenvalue weighted by atomic mass is 9.77. The van der Waals surface area contributed by atoms with Crippen LogP contribution >= 0.6 is 0 Å². The summed E-state index contributed by atoms with van der Waals surface area (Å²) in [6.07, 6.45) is 2.19. The van der Waals surface area contributed by atoms with Gasteiger partial charge in [0.05, 0.1) is 6.54 Å². The molecule has 7 nitrogen and oxygen atoms in total. The van der Waals surface area contributed by atoms with Crippen molar-refractivity contribution in [3.63, 3.8) is 0 Å². The minimum atomic E-state index is -0.872. The van der Waals surface area contributed by atoms with Gasteiger partial charge in [-0.3, -0.25) is 9.36 Å². The molecule has 8 rings (SSSR count). The molecule has 0 saturated carbocycles. The maximum atomic E-state index is 14.2. The van der Waals surface area contributed by atoms with Gasteiger partial charge in [-0.1, -0.05) is 176 Å². The van der Waals surface area contributed by atoms with Gasteiger partial charge in [0.25, 0.3) is 5.56 Å². The molecule has 6 aromatic carbocycles. The third-order valence-electron chi connectivity index (χ3n) is 10.6. The molecule has 0 aliphatic carbocycles. The first kappa shape index (κ1) is 36.3. The molecule has 0 amide bonds. The van der Waals surface area contributed by atoms with Gasteiger partial charge in [-0.2, -0.15) is 0 Å². The second-order valence-corrected chi connectivity index (χ2v) is 14.4. The van der Waals surface area contributed by atoms with Crippen LogP contribution in [0.15, 0.2) is 169 Å². The van der Waals surface area contributed by atoms with Crippen molar-refractivity contribution in [3.05, 3.63) is 225 Å². The zero-order valence-electron chi connectivity index (χ0n) is 32.0. The number of benzene rings is 6. The molecule has 7 heteroatoms. The normalized spacial score (nSPS) is 11.5. The van der Waals surface area contributed by atoms with Crippen molar-refractivity contribution < 1.29 is 0 Å². The third kappa shape index (κ3) is 6.88. The molecule has 0 atom stereocenters. The molecule has 0 saturated heterocycles. The van der Waals surface area contributed by atoms with Gasteiger partial charge >= 0.3 is 0 Å². The zero-order valence-corrected chi connectivity index (χ0v) is 32.0. The highest BCUT2D eigenvalue weighted by atomic mass is 16.1. The molecule has 0 unspecified atom stereocenters. The van der Waals surface area contributed by atoms with Gasteiger partial charge in [-0.05, 0) is 69.6 Å². The Hall–Kier alpha value is -6.73. The SMILES string of the molecule is CCCc1nc(C)c(Cc2cccc(C)c2)c(=O)n1Cc1ccc(-c2ccccc2-c2nnnn2C(c2ccccc2)(c2ccccc2)c2ccccc2)cc1. The summed E-state index contributed by atoms with van der Waals surface area (Å²) in [5.74, 6) is 1.46. The molecule has 0 aliphatic heterocycles. The van der Waals surface area contributed by atoms with E-state index in [0.29, 0.717) is 18.8 Å². The largest absolute Gasteiger partial charge is 0.292 e. The number of aromatic nitrogens is 6. The highest BCUT2D eigenvalue weighted by Crippen LogP contribution is 2.43. The third-order valence-corrected chi connectivity index (χ3v) is 10.6. The summed E-state index contributed by atoms with van der Waals surface area (Å²) in [6.45, 7) is 6.60. The van der Waals surface area contributed by atoms with Crippen LogP contribution in [0, 0.1) is 13.8 Å². The summed E-state index contributed by atoms with van der Waals surface area (Å²) >= 11 is 0. The molecule has 0 spiro atoms. The number of aryl methyl sites for hydroxylation is 3. The average molecular weight is 733 g/mol. The predicted octanol–water partition coefficient (Wildman–Crippen LogP) is 9.61. The fourth-order valence-corrected chi connectivity index (χ4v) is 7.95. The van der Waals surface area contributed by atoms with E-state index in [1.165, 1.54) is 5.56 Å². The van der Waals surface area contributed by atoms with Gasteiger partial charge in [0.15, 0.2) is 5.82 Å². The monoisotopic (exact) mass is 732 g/mol. The zero-order chi connectivity index (χ0) is 38.5. The fourth-order valence-electron chi connectivity index (χ4n) is 7.95. The molecular weight excluding hydrogens is 689 g/mol. The molecule has 8 aromatic rings. The summed E-state index contributed by atoms with van der Waals surface area (Å²) in [5, 5.41) is 13.9. The van der Waals surface area contributed by atoms with Crippen LogP contribution in [0.3, 0.4) is 0 Å². The van der Waals surface area contributed by atoms with E-state index in [1.54, 1.807) is 0 Å². The standard InChI is InChI=1S/C49H44N6O/c1-4-17-46-50-36(3)45(33-38-19-16-18-35(2)32-38)48(56)54(46)34-37-28-30-39(31-29-37)43-26-14-15-27-44(43)47-51-52-53-55(47)49(40-20-8-5-9-21-40,41-22-10-6-11-23-41)42-24-12-7-13-25-42/h5-16,18-32H,4,17,33-34H2,1-3H3. The summed E-state index contributed by atoms with van der Waals surface area (Å²) in [7, 11) is 0. The molecule has 0 fully saturated rings. The van der Waals surface area contributed by atoms with Gasteiger partial charge in [-0.25, -0.2) is 9.67 Å². The van der Waals surface area contributed by atoms with E-state index in [2.05, 4.69) is 146 Å². The Labute approximate surface area is 328 Å². The van der Waals surface area contributed by atoms with E-state index < -0.39 is 5.54 Å². The van der Waals surface area contributed by atoms with Gasteiger partial charge in [0.2, 0.25) is 0 Å². The molecule has 276 valence electrons. The van der Waals surface area contributed by atoms with Crippen LogP contribution in [0.2, 0.25) is 0 Å². The molecule has 2 heterocycles. The first-order valence-corrected chi connectivity index (χ1v) is 19.3. The second kappa shape index (κ2) is 15.9. The summed E-state index contributed by atoms with van der Waals surface area (Å²) in [5.41, 5.74) is 10.1. The van der Waals surface area contributed by atoms with Crippen molar-refractivity contribution in [3.8, 4) is 22.5 Å². The molecular formula is C49H44N6O. The number of tetrazole rings is 1. The van der Waals surface area contributed by atoms with Crippen molar-refractivity contribution in [1.82, 2.24) is 29.8 Å². The minimum Gasteiger partial charge on any atom is -0.292 e. The lowest BCUT2D eigenvalue weighted by Gasteiger charge is -2.36. The molecule has 2 aromatic heterocycles. The van der Waals surface area contributed by atoms with Gasteiger partial charge < -0.3 is 0 Å². The number of nitrogens with zero attached hydrogens (tertiary/aromatic N) is 6. The van der Waals surface area contributed by atoms with E-state index in [-0.39, 0.29) is 5.56 Å². The predicted molar refractivity (Wildman–Crippen MR) is 224 cm³/mol. The quantitative estimate of drug-likeness (QED) is 0.117. The lowest BCUT2D eigenvalue weighted by molar-refractivity contribution is 0.451. The molecule has 0 aliphatic rings. The second-order valence-electron chi connectivity index (χ2n) is 14.4. The van der Waals surface area contributed by atoms with Crippen molar-refractivity contribution in [2.45, 2.75) is 52.1 Å². The van der Waals surface area contributed by atoms with Crippen molar-refractivity contribution >= 4 is 0 Å². The van der Waals surface area contributed by atoms with E-state index >= 15 is 0 Å². The Morgan fingerprint density at radius 2 is 1.21 bits per heavy atom. The molecule has 0 radical (unpaired) electrons. The van der Waals surface area contributed by atoms with Gasteiger partial charge in [0.1, 0.15) is 11.4 Å². The highest BCUT2D eigenvalue weighted by Gasteiger charge is 2.42. The van der Waals surface area contributed by atoms with Gasteiger partial charge in [-0.15, -0.1) is 5.10 Å². The van der Waals surface area contributed by atoms with E-state index in [1.807, 2.05) is 52.6 Å². The number of hydrogen-bond donors (Lipinski definition) is 0. The van der Waals surface area contributed by atoms with Crippen LogP contribution in [0.5, 0.6) is 0 Å². The van der Waals surface area contributed by atoms with Crippen molar-refractivity contribution in [1.29, 1.82) is 0 Å². The topological polar surface area (TPSA) is 78.5 Å². The maximum Gasteiger partial charge on any atom is 0.257 e. The van der Waals surface area contributed by atoms with Crippen LogP contribution < -0.4 is 5.56 Å². The van der Waals surface area contributed by atoms with Crippen LogP contribution in [0.1, 0.15) is 63.8 Å². The molecule has 56 heavy (non-hydrogen) atoms. The molecule has 0 N–H and O–H groups in total. The van der Waals surface area contributed by atoms with Crippen molar-refractivity contribution in [2.24, 2.45) is 0 Å². The highest BCUT2D eigenvalue weighted by molar-refractivity contribution is 5.81. The van der Waals surface area contributed by atoms with Crippen LogP contribution in [-0.2, 0) is 24.9 Å². The first-order chi connectivity index (χ1) is 27.5. The Morgan fingerprint density at radius 1 is 0.625 bits per heavy atom. The Morgan fingerprint density at radius 3 is 1.80 bits per heavy atom. The summed E-state index contributed by atoms with van der Waals surface area (Å²) in [6, 6.07) is 56.4. The smallest absolute Gasteiger partial charge is 0.257 e.